The first-order valence-electron chi connectivity index (χ1n) is 6.35. The Bertz CT molecular complexity index is 485. The van der Waals surface area contributed by atoms with Crippen molar-refractivity contribution >= 4 is 11.0 Å². The van der Waals surface area contributed by atoms with Gasteiger partial charge in [0.25, 0.3) is 0 Å². The zero-order chi connectivity index (χ0) is 12.3. The maximum atomic E-state index is 4.50. The third-order valence-electron chi connectivity index (χ3n) is 2.84. The summed E-state index contributed by atoms with van der Waals surface area (Å²) in [5.41, 5.74) is 2.45. The summed E-state index contributed by atoms with van der Waals surface area (Å²) in [6.45, 7) is 9.55. The molecule has 3 heteroatoms. The van der Waals surface area contributed by atoms with E-state index in [2.05, 4.69) is 47.9 Å². The Morgan fingerprint density at radius 3 is 2.94 bits per heavy atom. The summed E-state index contributed by atoms with van der Waals surface area (Å²) in [4.78, 5) is 4.50. The first-order valence-corrected chi connectivity index (χ1v) is 6.35. The monoisotopic (exact) mass is 231 g/mol. The molecular formula is C14H21N3. The van der Waals surface area contributed by atoms with Gasteiger partial charge in [0.1, 0.15) is 5.65 Å². The van der Waals surface area contributed by atoms with Crippen LogP contribution in [0.3, 0.4) is 0 Å². The van der Waals surface area contributed by atoms with Gasteiger partial charge in [-0.1, -0.05) is 20.8 Å². The van der Waals surface area contributed by atoms with Crippen molar-refractivity contribution < 1.29 is 0 Å². The van der Waals surface area contributed by atoms with Gasteiger partial charge in [-0.05, 0) is 30.2 Å². The number of nitrogens with zero attached hydrogens (tertiary/aromatic N) is 2. The van der Waals surface area contributed by atoms with Crippen molar-refractivity contribution in [2.24, 2.45) is 5.92 Å². The molecule has 0 atom stereocenters. The number of hydrogen-bond acceptors (Lipinski definition) is 2. The molecule has 0 saturated heterocycles. The SMILES string of the molecule is CCNCc1cn(CC(C)C)c2ncccc12. The quantitative estimate of drug-likeness (QED) is 0.857. The van der Waals surface area contributed by atoms with Crippen molar-refractivity contribution in [2.45, 2.75) is 33.9 Å². The number of aromatic nitrogens is 2. The van der Waals surface area contributed by atoms with Gasteiger partial charge in [0.2, 0.25) is 0 Å². The maximum Gasteiger partial charge on any atom is 0.140 e. The van der Waals surface area contributed by atoms with Crippen molar-refractivity contribution in [3.8, 4) is 0 Å². The van der Waals surface area contributed by atoms with Crippen LogP contribution in [0.5, 0.6) is 0 Å². The van der Waals surface area contributed by atoms with Crippen molar-refractivity contribution in [3.63, 3.8) is 0 Å². The molecule has 0 saturated carbocycles. The standard InChI is InChI=1S/C14H21N3/c1-4-15-8-12-10-17(9-11(2)3)14-13(12)6-5-7-16-14/h5-7,10-11,15H,4,8-9H2,1-3H3. The molecule has 0 radical (unpaired) electrons. The van der Waals surface area contributed by atoms with E-state index in [9.17, 15) is 0 Å². The Morgan fingerprint density at radius 1 is 1.41 bits per heavy atom. The van der Waals surface area contributed by atoms with Gasteiger partial charge in [-0.2, -0.15) is 0 Å². The molecule has 0 aliphatic heterocycles. The summed E-state index contributed by atoms with van der Waals surface area (Å²) in [5.74, 6) is 0.639. The highest BCUT2D eigenvalue weighted by atomic mass is 15.0. The van der Waals surface area contributed by atoms with E-state index in [1.165, 1.54) is 10.9 Å². The molecule has 0 amide bonds. The maximum absolute atomic E-state index is 4.50. The molecule has 3 nitrogen and oxygen atoms in total. The smallest absolute Gasteiger partial charge is 0.140 e. The fourth-order valence-electron chi connectivity index (χ4n) is 2.13. The minimum Gasteiger partial charge on any atom is -0.332 e. The Morgan fingerprint density at radius 2 is 2.24 bits per heavy atom. The predicted octanol–water partition coefficient (Wildman–Crippen LogP) is 2.80. The van der Waals surface area contributed by atoms with Gasteiger partial charge in [0.05, 0.1) is 0 Å². The lowest BCUT2D eigenvalue weighted by molar-refractivity contribution is 0.531. The van der Waals surface area contributed by atoms with Crippen LogP contribution in [0.4, 0.5) is 0 Å². The van der Waals surface area contributed by atoms with Crippen LogP contribution in [0, 0.1) is 5.92 Å². The van der Waals surface area contributed by atoms with E-state index in [1.807, 2.05) is 12.3 Å². The molecule has 2 rings (SSSR count). The third kappa shape index (κ3) is 2.67. The molecular weight excluding hydrogens is 210 g/mol. The van der Waals surface area contributed by atoms with Gasteiger partial charge >= 0.3 is 0 Å². The van der Waals surface area contributed by atoms with Crippen molar-refractivity contribution in [1.29, 1.82) is 0 Å². The zero-order valence-electron chi connectivity index (χ0n) is 10.9. The molecule has 0 aromatic carbocycles. The molecule has 0 bridgehead atoms. The van der Waals surface area contributed by atoms with E-state index in [4.69, 9.17) is 0 Å². The second-order valence-corrected chi connectivity index (χ2v) is 4.86. The Kier molecular flexibility index (Phi) is 3.79. The van der Waals surface area contributed by atoms with Crippen LogP contribution in [-0.2, 0) is 13.1 Å². The first kappa shape index (κ1) is 12.1. The summed E-state index contributed by atoms with van der Waals surface area (Å²) in [5, 5.41) is 4.65. The molecule has 0 aliphatic carbocycles. The van der Waals surface area contributed by atoms with Gasteiger partial charge in [-0.3, -0.25) is 0 Å². The molecule has 17 heavy (non-hydrogen) atoms. The second-order valence-electron chi connectivity index (χ2n) is 4.86. The lowest BCUT2D eigenvalue weighted by Gasteiger charge is -2.06. The molecule has 0 spiro atoms. The highest BCUT2D eigenvalue weighted by Gasteiger charge is 2.09. The summed E-state index contributed by atoms with van der Waals surface area (Å²) in [6.07, 6.45) is 4.11. The van der Waals surface area contributed by atoms with Gasteiger partial charge in [0.15, 0.2) is 0 Å². The van der Waals surface area contributed by atoms with Crippen LogP contribution < -0.4 is 5.32 Å². The summed E-state index contributed by atoms with van der Waals surface area (Å²) in [6, 6.07) is 4.17. The number of nitrogens with one attached hydrogen (secondary N) is 1. The van der Waals surface area contributed by atoms with Gasteiger partial charge in [0, 0.05) is 30.9 Å². The first-order chi connectivity index (χ1) is 8.22. The Balaban J connectivity index is 2.39. The van der Waals surface area contributed by atoms with Crippen LogP contribution in [0.1, 0.15) is 26.3 Å². The van der Waals surface area contributed by atoms with E-state index in [1.54, 1.807) is 0 Å². The summed E-state index contributed by atoms with van der Waals surface area (Å²) in [7, 11) is 0. The summed E-state index contributed by atoms with van der Waals surface area (Å²) >= 11 is 0. The number of rotatable bonds is 5. The average Bonchev–Trinajstić information content (AvgIpc) is 2.65. The highest BCUT2D eigenvalue weighted by molar-refractivity contribution is 5.80. The number of hydrogen-bond donors (Lipinski definition) is 1. The molecule has 2 aromatic heterocycles. The molecule has 0 unspecified atom stereocenters. The third-order valence-corrected chi connectivity index (χ3v) is 2.84. The topological polar surface area (TPSA) is 29.9 Å². The largest absolute Gasteiger partial charge is 0.332 e. The van der Waals surface area contributed by atoms with E-state index >= 15 is 0 Å². The fourth-order valence-corrected chi connectivity index (χ4v) is 2.13. The Hall–Kier alpha value is -1.35. The van der Waals surface area contributed by atoms with Crippen LogP contribution in [-0.4, -0.2) is 16.1 Å². The lowest BCUT2D eigenvalue weighted by Crippen LogP contribution is -2.11. The van der Waals surface area contributed by atoms with Gasteiger partial charge < -0.3 is 9.88 Å². The molecule has 2 aromatic rings. The molecule has 0 aliphatic rings. The normalized spacial score (nSPS) is 11.5. The van der Waals surface area contributed by atoms with Crippen molar-refractivity contribution in [2.75, 3.05) is 6.54 Å². The lowest BCUT2D eigenvalue weighted by atomic mass is 10.2. The minimum absolute atomic E-state index is 0.639. The zero-order valence-corrected chi connectivity index (χ0v) is 10.9. The number of pyridine rings is 1. The van der Waals surface area contributed by atoms with Crippen LogP contribution in [0.25, 0.3) is 11.0 Å². The van der Waals surface area contributed by atoms with Crippen LogP contribution >= 0.6 is 0 Å². The average molecular weight is 231 g/mol. The van der Waals surface area contributed by atoms with E-state index < -0.39 is 0 Å². The molecule has 0 fully saturated rings. The second kappa shape index (κ2) is 5.32. The fraction of sp³-hybridized carbons (Fsp3) is 0.500. The van der Waals surface area contributed by atoms with Gasteiger partial charge in [-0.15, -0.1) is 0 Å². The molecule has 2 heterocycles. The number of fused-ring (bicyclic) bond motifs is 1. The van der Waals surface area contributed by atoms with Gasteiger partial charge in [-0.25, -0.2) is 4.98 Å². The molecule has 1 N–H and O–H groups in total. The van der Waals surface area contributed by atoms with Crippen molar-refractivity contribution in [1.82, 2.24) is 14.9 Å². The Labute approximate surface area is 103 Å². The van der Waals surface area contributed by atoms with E-state index in [-0.39, 0.29) is 0 Å². The van der Waals surface area contributed by atoms with E-state index in [0.717, 1.165) is 25.3 Å². The summed E-state index contributed by atoms with van der Waals surface area (Å²) < 4.78 is 2.27. The van der Waals surface area contributed by atoms with Crippen molar-refractivity contribution in [3.05, 3.63) is 30.1 Å². The minimum atomic E-state index is 0.639. The molecule has 92 valence electrons. The predicted molar refractivity (Wildman–Crippen MR) is 72.0 cm³/mol. The van der Waals surface area contributed by atoms with E-state index in [0.29, 0.717) is 5.92 Å². The van der Waals surface area contributed by atoms with Crippen LogP contribution in [0.2, 0.25) is 0 Å². The highest BCUT2D eigenvalue weighted by Crippen LogP contribution is 2.20. The van der Waals surface area contributed by atoms with Crippen LogP contribution in [0.15, 0.2) is 24.5 Å².